The zero-order valence-electron chi connectivity index (χ0n) is 6.96. The van der Waals surface area contributed by atoms with E-state index in [9.17, 15) is 0 Å². The Balaban J connectivity index is 2.90. The number of aromatic nitrogens is 1. The Morgan fingerprint density at radius 2 is 2.21 bits per heavy atom. The van der Waals surface area contributed by atoms with Gasteiger partial charge >= 0.3 is 0 Å². The van der Waals surface area contributed by atoms with Gasteiger partial charge in [0.05, 0.1) is 5.56 Å². The van der Waals surface area contributed by atoms with Crippen molar-refractivity contribution in [2.45, 2.75) is 0 Å². The second-order valence-corrected chi connectivity index (χ2v) is 4.04. The summed E-state index contributed by atoms with van der Waals surface area (Å²) in [5, 5.41) is 10.9. The van der Waals surface area contributed by atoms with Crippen LogP contribution < -0.4 is 0 Å². The van der Waals surface area contributed by atoms with E-state index in [1.165, 1.54) is 0 Å². The molecular weight excluding hydrogens is 263 g/mol. The Hall–Kier alpha value is -1.11. The lowest BCUT2D eigenvalue weighted by Crippen LogP contribution is -1.85. The third kappa shape index (κ3) is 1.47. The van der Waals surface area contributed by atoms with E-state index in [2.05, 4.69) is 20.9 Å². The predicted molar refractivity (Wildman–Crippen MR) is 59.2 cm³/mol. The van der Waals surface area contributed by atoms with Crippen LogP contribution in [0.4, 0.5) is 0 Å². The number of nitriles is 1. The van der Waals surface area contributed by atoms with Crippen molar-refractivity contribution in [2.24, 2.45) is 0 Å². The summed E-state index contributed by atoms with van der Waals surface area (Å²) in [4.78, 5) is 3.94. The molecule has 0 spiro atoms. The summed E-state index contributed by atoms with van der Waals surface area (Å²) in [5.41, 5.74) is 0.427. The van der Waals surface area contributed by atoms with Crippen LogP contribution >= 0.6 is 27.5 Å². The topological polar surface area (TPSA) is 36.7 Å². The molecule has 0 unspecified atom stereocenters. The third-order valence-electron chi connectivity index (χ3n) is 1.92. The van der Waals surface area contributed by atoms with Crippen molar-refractivity contribution in [1.82, 2.24) is 4.98 Å². The first-order valence-corrected chi connectivity index (χ1v) is 5.03. The summed E-state index contributed by atoms with van der Waals surface area (Å²) in [6.45, 7) is 0. The fraction of sp³-hybridized carbons (Fsp3) is 0. The first kappa shape index (κ1) is 9.45. The Bertz CT molecular complexity index is 546. The van der Waals surface area contributed by atoms with E-state index in [4.69, 9.17) is 16.9 Å². The van der Waals surface area contributed by atoms with Gasteiger partial charge in [0.2, 0.25) is 0 Å². The van der Waals surface area contributed by atoms with Crippen molar-refractivity contribution in [3.63, 3.8) is 0 Å². The molecule has 1 aromatic carbocycles. The van der Waals surface area contributed by atoms with Gasteiger partial charge in [-0.1, -0.05) is 33.6 Å². The van der Waals surface area contributed by atoms with Crippen molar-refractivity contribution >= 4 is 38.3 Å². The second kappa shape index (κ2) is 3.56. The number of pyridine rings is 1. The van der Waals surface area contributed by atoms with Crippen molar-refractivity contribution in [3.05, 3.63) is 39.6 Å². The highest BCUT2D eigenvalue weighted by Gasteiger charge is 2.06. The average Bonchev–Trinajstić information content (AvgIpc) is 2.18. The van der Waals surface area contributed by atoms with Crippen molar-refractivity contribution in [3.8, 4) is 6.07 Å². The highest BCUT2D eigenvalue weighted by molar-refractivity contribution is 9.10. The van der Waals surface area contributed by atoms with Gasteiger partial charge < -0.3 is 0 Å². The molecule has 68 valence electrons. The van der Waals surface area contributed by atoms with Gasteiger partial charge in [-0.2, -0.15) is 5.26 Å². The lowest BCUT2D eigenvalue weighted by Gasteiger charge is -2.01. The van der Waals surface area contributed by atoms with Gasteiger partial charge in [0.1, 0.15) is 11.2 Å². The smallest absolute Gasteiger partial charge is 0.147 e. The van der Waals surface area contributed by atoms with Crippen molar-refractivity contribution in [1.29, 1.82) is 5.26 Å². The van der Waals surface area contributed by atoms with E-state index in [0.29, 0.717) is 5.56 Å². The molecule has 2 nitrogen and oxygen atoms in total. The molecule has 0 radical (unpaired) electrons. The van der Waals surface area contributed by atoms with Crippen LogP contribution in [-0.2, 0) is 0 Å². The Morgan fingerprint density at radius 1 is 1.43 bits per heavy atom. The Kier molecular flexibility index (Phi) is 2.40. The van der Waals surface area contributed by atoms with E-state index < -0.39 is 0 Å². The molecule has 0 saturated heterocycles. The van der Waals surface area contributed by atoms with Crippen molar-refractivity contribution in [2.75, 3.05) is 0 Å². The maximum absolute atomic E-state index is 8.90. The molecular formula is C10H4BrClN2. The van der Waals surface area contributed by atoms with Crippen LogP contribution in [0.3, 0.4) is 0 Å². The molecule has 0 aliphatic rings. The minimum Gasteiger partial charge on any atom is -0.242 e. The standard InChI is InChI=1S/C10H4BrClN2/c11-7-1-2-8-6(3-7)5-14-10(12)9(8)4-13/h1-3,5H. The van der Waals surface area contributed by atoms with Crippen LogP contribution in [-0.4, -0.2) is 4.98 Å². The van der Waals surface area contributed by atoms with Crippen LogP contribution in [0.1, 0.15) is 5.56 Å². The summed E-state index contributed by atoms with van der Waals surface area (Å²) in [7, 11) is 0. The quantitative estimate of drug-likeness (QED) is 0.685. The highest BCUT2D eigenvalue weighted by Crippen LogP contribution is 2.25. The number of rotatable bonds is 0. The molecule has 0 amide bonds. The minimum atomic E-state index is 0.252. The molecule has 4 heteroatoms. The largest absolute Gasteiger partial charge is 0.242 e. The van der Waals surface area contributed by atoms with Crippen LogP contribution in [0.2, 0.25) is 5.15 Å². The van der Waals surface area contributed by atoms with Gasteiger partial charge in [-0.25, -0.2) is 4.98 Å². The number of benzene rings is 1. The van der Waals surface area contributed by atoms with Gasteiger partial charge in [0.25, 0.3) is 0 Å². The summed E-state index contributed by atoms with van der Waals surface area (Å²) in [6.07, 6.45) is 1.66. The molecule has 1 aromatic heterocycles. The van der Waals surface area contributed by atoms with E-state index >= 15 is 0 Å². The van der Waals surface area contributed by atoms with Crippen LogP contribution in [0.15, 0.2) is 28.9 Å². The van der Waals surface area contributed by atoms with Gasteiger partial charge in [-0.05, 0) is 12.1 Å². The van der Waals surface area contributed by atoms with Gasteiger partial charge in [-0.15, -0.1) is 0 Å². The maximum Gasteiger partial charge on any atom is 0.147 e. The Labute approximate surface area is 94.3 Å². The number of nitrogens with zero attached hydrogens (tertiary/aromatic N) is 2. The molecule has 0 bridgehead atoms. The predicted octanol–water partition coefficient (Wildman–Crippen LogP) is 3.52. The van der Waals surface area contributed by atoms with Gasteiger partial charge in [-0.3, -0.25) is 0 Å². The molecule has 0 saturated carbocycles. The van der Waals surface area contributed by atoms with E-state index in [-0.39, 0.29) is 5.15 Å². The number of fused-ring (bicyclic) bond motifs is 1. The first-order chi connectivity index (χ1) is 6.72. The average molecular weight is 268 g/mol. The Morgan fingerprint density at radius 3 is 2.93 bits per heavy atom. The zero-order valence-corrected chi connectivity index (χ0v) is 9.30. The molecule has 0 N–H and O–H groups in total. The summed E-state index contributed by atoms with van der Waals surface area (Å²) in [6, 6.07) is 7.68. The van der Waals surface area contributed by atoms with E-state index in [1.807, 2.05) is 24.3 Å². The normalized spacial score (nSPS) is 10.1. The van der Waals surface area contributed by atoms with Crippen LogP contribution in [0.25, 0.3) is 10.8 Å². The molecule has 2 rings (SSSR count). The van der Waals surface area contributed by atoms with Crippen LogP contribution in [0, 0.1) is 11.3 Å². The molecule has 2 aromatic rings. The summed E-state index contributed by atoms with van der Waals surface area (Å²) < 4.78 is 0.956. The fourth-order valence-electron chi connectivity index (χ4n) is 1.28. The third-order valence-corrected chi connectivity index (χ3v) is 2.70. The lowest BCUT2D eigenvalue weighted by molar-refractivity contribution is 1.33. The van der Waals surface area contributed by atoms with Crippen LogP contribution in [0.5, 0.6) is 0 Å². The van der Waals surface area contributed by atoms with Crippen molar-refractivity contribution < 1.29 is 0 Å². The first-order valence-electron chi connectivity index (χ1n) is 3.86. The zero-order chi connectivity index (χ0) is 10.1. The minimum absolute atomic E-state index is 0.252. The molecule has 0 atom stereocenters. The van der Waals surface area contributed by atoms with Gasteiger partial charge in [0, 0.05) is 21.4 Å². The maximum atomic E-state index is 8.90. The molecule has 1 heterocycles. The molecule has 0 fully saturated rings. The molecule has 0 aliphatic carbocycles. The number of hydrogen-bond acceptors (Lipinski definition) is 2. The SMILES string of the molecule is N#Cc1c(Cl)ncc2cc(Br)ccc12. The molecule has 14 heavy (non-hydrogen) atoms. The van der Waals surface area contributed by atoms with E-state index in [1.54, 1.807) is 6.20 Å². The highest BCUT2D eigenvalue weighted by atomic mass is 79.9. The lowest BCUT2D eigenvalue weighted by atomic mass is 10.1. The second-order valence-electron chi connectivity index (χ2n) is 2.77. The summed E-state index contributed by atoms with van der Waals surface area (Å²) >= 11 is 9.15. The van der Waals surface area contributed by atoms with Gasteiger partial charge in [0.15, 0.2) is 0 Å². The summed E-state index contributed by atoms with van der Waals surface area (Å²) in [5.74, 6) is 0. The monoisotopic (exact) mass is 266 g/mol. The number of halogens is 2. The fourth-order valence-corrected chi connectivity index (χ4v) is 1.85. The molecule has 0 aliphatic heterocycles. The van der Waals surface area contributed by atoms with E-state index in [0.717, 1.165) is 15.2 Å². The number of hydrogen-bond donors (Lipinski definition) is 0.